The van der Waals surface area contributed by atoms with E-state index < -0.39 is 41.4 Å². The lowest BCUT2D eigenvalue weighted by atomic mass is 10.2. The molecule has 0 aliphatic heterocycles. The van der Waals surface area contributed by atoms with Gasteiger partial charge < -0.3 is 0 Å². The summed E-state index contributed by atoms with van der Waals surface area (Å²) in [7, 11) is -2.64. The summed E-state index contributed by atoms with van der Waals surface area (Å²) >= 11 is 0. The molecule has 0 bridgehead atoms. The minimum Gasteiger partial charge on any atom is -0.298 e. The molecular formula is C14H26N4O8S4. The number of carbonyl (C=O) groups excluding carboxylic acids is 2. The molecule has 0 aliphatic carbocycles. The predicted octanol–water partition coefficient (Wildman–Crippen LogP) is 1.95. The Balaban J connectivity index is 4.61. The second kappa shape index (κ2) is 10.7. The van der Waals surface area contributed by atoms with E-state index in [1.54, 1.807) is 0 Å². The van der Waals surface area contributed by atoms with E-state index in [4.69, 9.17) is 0 Å². The van der Waals surface area contributed by atoms with Gasteiger partial charge >= 0.3 is 12.2 Å². The normalized spacial score (nSPS) is 13.5. The van der Waals surface area contributed by atoms with Gasteiger partial charge in [-0.15, -0.1) is 0 Å². The highest BCUT2D eigenvalue weighted by atomic mass is 33.1. The van der Waals surface area contributed by atoms with Crippen LogP contribution in [0.1, 0.15) is 27.7 Å². The Morgan fingerprint density at radius 1 is 0.767 bits per heavy atom. The van der Waals surface area contributed by atoms with Crippen molar-refractivity contribution in [3.05, 3.63) is 0 Å². The quantitative estimate of drug-likeness (QED) is 0.149. The number of carbonyl (C=O) groups is 2. The number of nitrogens with zero attached hydrogens (tertiary/aromatic N) is 4. The summed E-state index contributed by atoms with van der Waals surface area (Å²) in [5.41, 5.74) is 0. The Morgan fingerprint density at radius 2 is 1.03 bits per heavy atom. The maximum Gasteiger partial charge on any atom is 0.446 e. The lowest BCUT2D eigenvalue weighted by molar-refractivity contribution is 0.136. The van der Waals surface area contributed by atoms with Gasteiger partial charge in [0, 0.05) is 48.6 Å². The van der Waals surface area contributed by atoms with E-state index in [1.165, 1.54) is 41.8 Å². The van der Waals surface area contributed by atoms with E-state index in [1.807, 2.05) is 0 Å². The number of amides is 2. The average Bonchev–Trinajstić information content (AvgIpc) is 2.56. The monoisotopic (exact) mass is 506 g/mol. The minimum atomic E-state index is -3.44. The first-order valence-electron chi connectivity index (χ1n) is 8.04. The molecule has 0 radical (unpaired) electrons. The van der Waals surface area contributed by atoms with Crippen molar-refractivity contribution < 1.29 is 36.1 Å². The molecule has 2 amide bonds. The SMILES string of the molecule is CN(SSN(C)C(=O)ON=CC(C)(C)S(C)(=O)=O)C(=O)ON=CC(C)(C)S(C)(=O)=O. The Labute approximate surface area is 184 Å². The van der Waals surface area contributed by atoms with Crippen LogP contribution in [-0.2, 0) is 29.3 Å². The molecule has 0 N–H and O–H groups in total. The highest BCUT2D eigenvalue weighted by molar-refractivity contribution is 8.75. The Hall–Kier alpha value is -1.52. The van der Waals surface area contributed by atoms with E-state index in [2.05, 4.69) is 20.0 Å². The van der Waals surface area contributed by atoms with Crippen molar-refractivity contribution in [2.45, 2.75) is 37.2 Å². The molecule has 0 unspecified atom stereocenters. The smallest absolute Gasteiger partial charge is 0.298 e. The minimum absolute atomic E-state index is 0.788. The maximum atomic E-state index is 11.8. The summed E-state index contributed by atoms with van der Waals surface area (Å²) in [6.07, 6.45) is 2.21. The zero-order valence-electron chi connectivity index (χ0n) is 17.8. The molecule has 0 aromatic rings. The third kappa shape index (κ3) is 9.09. The fourth-order valence-corrected chi connectivity index (χ4v) is 2.69. The van der Waals surface area contributed by atoms with Gasteiger partial charge in [-0.1, -0.05) is 10.3 Å². The van der Waals surface area contributed by atoms with Crippen molar-refractivity contribution >= 4 is 66.3 Å². The molecule has 30 heavy (non-hydrogen) atoms. The van der Waals surface area contributed by atoms with Crippen LogP contribution < -0.4 is 0 Å². The number of rotatable bonds is 9. The van der Waals surface area contributed by atoms with Gasteiger partial charge in [-0.25, -0.2) is 35.0 Å². The Morgan fingerprint density at radius 3 is 1.27 bits per heavy atom. The average molecular weight is 507 g/mol. The molecule has 0 saturated carbocycles. The Kier molecular flexibility index (Phi) is 10.1. The van der Waals surface area contributed by atoms with Crippen molar-refractivity contribution in [2.75, 3.05) is 26.6 Å². The predicted molar refractivity (Wildman–Crippen MR) is 118 cm³/mol. The summed E-state index contributed by atoms with van der Waals surface area (Å²) in [5, 5.41) is 6.77. The molecular weight excluding hydrogens is 480 g/mol. The molecule has 174 valence electrons. The van der Waals surface area contributed by atoms with Gasteiger partial charge in [0.1, 0.15) is 9.49 Å². The van der Waals surface area contributed by atoms with E-state index in [9.17, 15) is 26.4 Å². The van der Waals surface area contributed by atoms with Gasteiger partial charge in [0.2, 0.25) is 0 Å². The summed E-state index contributed by atoms with van der Waals surface area (Å²) in [5.74, 6) is 0. The van der Waals surface area contributed by atoms with Crippen LogP contribution in [0.15, 0.2) is 10.3 Å². The summed E-state index contributed by atoms with van der Waals surface area (Å²) < 4.78 is 45.5. The molecule has 0 saturated heterocycles. The van der Waals surface area contributed by atoms with Gasteiger partial charge in [-0.05, 0) is 27.7 Å². The van der Waals surface area contributed by atoms with Gasteiger partial charge in [0.25, 0.3) is 0 Å². The molecule has 0 fully saturated rings. The van der Waals surface area contributed by atoms with Crippen LogP contribution in [-0.4, -0.2) is 86.2 Å². The van der Waals surface area contributed by atoms with Crippen LogP contribution >= 0.6 is 22.0 Å². The largest absolute Gasteiger partial charge is 0.446 e. The van der Waals surface area contributed by atoms with Crippen molar-refractivity contribution in [3.63, 3.8) is 0 Å². The molecule has 0 aliphatic rings. The zero-order valence-corrected chi connectivity index (χ0v) is 21.1. The number of oxime groups is 2. The number of hydrogen-bond acceptors (Lipinski definition) is 12. The van der Waals surface area contributed by atoms with Crippen molar-refractivity contribution in [1.29, 1.82) is 0 Å². The van der Waals surface area contributed by atoms with Crippen molar-refractivity contribution in [1.82, 2.24) is 8.61 Å². The molecule has 0 heterocycles. The summed E-state index contributed by atoms with van der Waals surface area (Å²) in [4.78, 5) is 32.9. The summed E-state index contributed by atoms with van der Waals surface area (Å²) in [6.45, 7) is 5.59. The third-order valence-electron chi connectivity index (χ3n) is 3.67. The van der Waals surface area contributed by atoms with Crippen molar-refractivity contribution in [3.8, 4) is 0 Å². The zero-order chi connectivity index (χ0) is 24.0. The van der Waals surface area contributed by atoms with E-state index >= 15 is 0 Å². The van der Waals surface area contributed by atoms with Crippen LogP contribution in [0.5, 0.6) is 0 Å². The molecule has 0 rings (SSSR count). The first kappa shape index (κ1) is 28.5. The van der Waals surface area contributed by atoms with Crippen LogP contribution in [0.4, 0.5) is 9.59 Å². The van der Waals surface area contributed by atoms with Crippen LogP contribution in [0.2, 0.25) is 0 Å². The molecule has 0 aromatic heterocycles. The van der Waals surface area contributed by atoms with E-state index in [-0.39, 0.29) is 0 Å². The fraction of sp³-hybridized carbons (Fsp3) is 0.714. The van der Waals surface area contributed by atoms with E-state index in [0.29, 0.717) is 0 Å². The summed E-state index contributed by atoms with van der Waals surface area (Å²) in [6, 6.07) is 0. The van der Waals surface area contributed by atoms with Crippen LogP contribution in [0.3, 0.4) is 0 Å². The van der Waals surface area contributed by atoms with Gasteiger partial charge in [0.15, 0.2) is 19.7 Å². The van der Waals surface area contributed by atoms with Gasteiger partial charge in [-0.2, -0.15) is 0 Å². The molecule has 0 spiro atoms. The first-order chi connectivity index (χ1) is 13.3. The highest BCUT2D eigenvalue weighted by Gasteiger charge is 2.29. The number of hydrogen-bond donors (Lipinski definition) is 0. The molecule has 12 nitrogen and oxygen atoms in total. The second-order valence-corrected chi connectivity index (χ2v) is 14.6. The van der Waals surface area contributed by atoms with Gasteiger partial charge in [-0.3, -0.25) is 9.68 Å². The number of sulfone groups is 2. The highest BCUT2D eigenvalue weighted by Crippen LogP contribution is 2.28. The Bertz CT molecular complexity index is 823. The van der Waals surface area contributed by atoms with Gasteiger partial charge in [0.05, 0.1) is 12.4 Å². The lowest BCUT2D eigenvalue weighted by Gasteiger charge is -2.18. The van der Waals surface area contributed by atoms with Crippen LogP contribution in [0.25, 0.3) is 0 Å². The van der Waals surface area contributed by atoms with Crippen LogP contribution in [0, 0.1) is 0 Å². The topological polar surface area (TPSA) is 152 Å². The third-order valence-corrected chi connectivity index (χ3v) is 10.1. The van der Waals surface area contributed by atoms with E-state index in [0.717, 1.165) is 55.5 Å². The van der Waals surface area contributed by atoms with Crippen molar-refractivity contribution in [2.24, 2.45) is 10.3 Å². The second-order valence-electron chi connectivity index (χ2n) is 7.08. The first-order valence-corrected chi connectivity index (χ1v) is 13.9. The standard InChI is InChI=1S/C14H26N4O8S4/c1-13(2,29(7,21)22)9-15-25-11(19)17(5)27-28-18(6)12(20)26-16-10-14(3,4)30(8,23)24/h9-10H,1-8H3. The molecule has 0 atom stereocenters. The lowest BCUT2D eigenvalue weighted by Crippen LogP contribution is -2.33. The fourth-order valence-electron chi connectivity index (χ4n) is 0.864. The molecule has 16 heteroatoms. The maximum absolute atomic E-state index is 11.8. The molecule has 0 aromatic carbocycles.